The van der Waals surface area contributed by atoms with Crippen molar-refractivity contribution in [3.8, 4) is 0 Å². The molecule has 3 atom stereocenters. The molecule has 3 rings (SSSR count). The number of amides is 3. The first-order valence-corrected chi connectivity index (χ1v) is 15.1. The van der Waals surface area contributed by atoms with Crippen molar-refractivity contribution < 1.29 is 23.5 Å². The van der Waals surface area contributed by atoms with Crippen LogP contribution in [0, 0.1) is 0 Å². The summed E-state index contributed by atoms with van der Waals surface area (Å²) in [5.41, 5.74) is 0.261. The summed E-state index contributed by atoms with van der Waals surface area (Å²) in [6.07, 6.45) is 0.641. The van der Waals surface area contributed by atoms with Crippen LogP contribution in [-0.2, 0) is 9.16 Å². The highest BCUT2D eigenvalue weighted by Gasteiger charge is 2.46. The molecule has 0 N–H and O–H groups in total. The third-order valence-corrected chi connectivity index (χ3v) is 11.7. The lowest BCUT2D eigenvalue weighted by molar-refractivity contribution is 0.0189. The molecular formula is C26H40N2O5Si. The number of rotatable bonds is 5. The number of likely N-dealkylation sites (tertiary alicyclic amines) is 1. The summed E-state index contributed by atoms with van der Waals surface area (Å²) in [4.78, 5) is 42.1. The summed E-state index contributed by atoms with van der Waals surface area (Å²) in [5, 5.41) is 0.0509. The topological polar surface area (TPSA) is 76.2 Å². The Morgan fingerprint density at radius 3 is 2.06 bits per heavy atom. The average Bonchev–Trinajstić information content (AvgIpc) is 3.18. The number of ether oxygens (including phenoxy) is 1. The van der Waals surface area contributed by atoms with Gasteiger partial charge in [0, 0.05) is 18.6 Å². The van der Waals surface area contributed by atoms with Gasteiger partial charge >= 0.3 is 6.09 Å². The number of carbonyl (C=O) groups is 3. The minimum absolute atomic E-state index is 0.0509. The second-order valence-corrected chi connectivity index (χ2v) is 16.9. The predicted octanol–water partition coefficient (Wildman–Crippen LogP) is 5.46. The highest BCUT2D eigenvalue weighted by molar-refractivity contribution is 6.74. The molecule has 2 aliphatic heterocycles. The Labute approximate surface area is 204 Å². The van der Waals surface area contributed by atoms with E-state index in [1.54, 1.807) is 29.2 Å². The highest BCUT2D eigenvalue weighted by Crippen LogP contribution is 2.40. The van der Waals surface area contributed by atoms with Crippen molar-refractivity contribution in [2.75, 3.05) is 6.54 Å². The first-order valence-electron chi connectivity index (χ1n) is 12.2. The van der Waals surface area contributed by atoms with Crippen LogP contribution < -0.4 is 0 Å². The molecule has 0 bridgehead atoms. The van der Waals surface area contributed by atoms with Gasteiger partial charge in [-0.15, -0.1) is 0 Å². The fraction of sp³-hybridized carbons (Fsp3) is 0.654. The Kier molecular flexibility index (Phi) is 7.08. The van der Waals surface area contributed by atoms with Crippen molar-refractivity contribution in [3.05, 3.63) is 35.4 Å². The van der Waals surface area contributed by atoms with Crippen LogP contribution in [-0.4, -0.2) is 66.4 Å². The number of carbonyl (C=O) groups excluding carboxylic acids is 3. The largest absolute Gasteiger partial charge is 0.444 e. The minimum Gasteiger partial charge on any atom is -0.444 e. The molecule has 0 aromatic heterocycles. The van der Waals surface area contributed by atoms with Gasteiger partial charge in [0.15, 0.2) is 8.32 Å². The molecule has 7 nitrogen and oxygen atoms in total. The maximum Gasteiger partial charge on any atom is 0.410 e. The molecule has 0 saturated carbocycles. The summed E-state index contributed by atoms with van der Waals surface area (Å²) in [5.74, 6) is -0.548. The van der Waals surface area contributed by atoms with E-state index in [0.717, 1.165) is 0 Å². The van der Waals surface area contributed by atoms with Crippen molar-refractivity contribution >= 4 is 26.2 Å². The zero-order valence-corrected chi connectivity index (χ0v) is 23.1. The standard InChI is InChI=1S/C26H40N2O5Si/c1-17(28-22(29)20-12-10-11-13-21(20)23(28)30)14-18-15-19(33-34(8,9)26(5,6)7)16-27(18)24(31)32-25(2,3)4/h10-13,17-19H,14-16H2,1-9H3/t17?,18-,19-/m1/s1. The molecule has 1 unspecified atom stereocenters. The Morgan fingerprint density at radius 2 is 1.59 bits per heavy atom. The van der Waals surface area contributed by atoms with Crippen molar-refractivity contribution in [2.24, 2.45) is 0 Å². The van der Waals surface area contributed by atoms with E-state index in [1.807, 2.05) is 27.7 Å². The molecule has 34 heavy (non-hydrogen) atoms. The summed E-state index contributed by atoms with van der Waals surface area (Å²) in [6.45, 7) is 18.9. The monoisotopic (exact) mass is 488 g/mol. The fourth-order valence-corrected chi connectivity index (χ4v) is 5.79. The van der Waals surface area contributed by atoms with Crippen LogP contribution >= 0.6 is 0 Å². The molecule has 1 saturated heterocycles. The Bertz CT molecular complexity index is 928. The van der Waals surface area contributed by atoms with E-state index in [9.17, 15) is 14.4 Å². The first-order chi connectivity index (χ1) is 15.5. The lowest BCUT2D eigenvalue weighted by Gasteiger charge is -2.38. The zero-order valence-electron chi connectivity index (χ0n) is 22.1. The second-order valence-electron chi connectivity index (χ2n) is 12.1. The van der Waals surface area contributed by atoms with Gasteiger partial charge < -0.3 is 14.1 Å². The van der Waals surface area contributed by atoms with Crippen LogP contribution in [0.25, 0.3) is 0 Å². The van der Waals surface area contributed by atoms with Gasteiger partial charge in [-0.3, -0.25) is 14.5 Å². The molecule has 1 aromatic rings. The van der Waals surface area contributed by atoms with Gasteiger partial charge in [-0.05, 0) is 70.8 Å². The van der Waals surface area contributed by atoms with Crippen LogP contribution in [0.1, 0.15) is 82.0 Å². The first kappa shape index (κ1) is 26.4. The molecule has 0 spiro atoms. The lowest BCUT2D eigenvalue weighted by atomic mass is 10.0. The van der Waals surface area contributed by atoms with Crippen LogP contribution in [0.15, 0.2) is 24.3 Å². The van der Waals surface area contributed by atoms with Gasteiger partial charge in [0.2, 0.25) is 0 Å². The van der Waals surface area contributed by atoms with E-state index in [4.69, 9.17) is 9.16 Å². The third-order valence-electron chi connectivity index (χ3n) is 7.15. The summed E-state index contributed by atoms with van der Waals surface area (Å²) < 4.78 is 12.3. The van der Waals surface area contributed by atoms with E-state index < -0.39 is 13.9 Å². The molecule has 3 amide bonds. The maximum absolute atomic E-state index is 13.1. The predicted molar refractivity (Wildman–Crippen MR) is 134 cm³/mol. The van der Waals surface area contributed by atoms with E-state index in [2.05, 4.69) is 33.9 Å². The lowest BCUT2D eigenvalue weighted by Crippen LogP contribution is -2.46. The Hall–Kier alpha value is -2.19. The number of nitrogens with zero attached hydrogens (tertiary/aromatic N) is 2. The van der Waals surface area contributed by atoms with Crippen LogP contribution in [0.4, 0.5) is 4.79 Å². The van der Waals surface area contributed by atoms with Crippen LogP contribution in [0.3, 0.4) is 0 Å². The Morgan fingerprint density at radius 1 is 1.06 bits per heavy atom. The molecule has 2 heterocycles. The zero-order chi connectivity index (χ0) is 25.6. The third kappa shape index (κ3) is 5.38. The molecule has 1 fully saturated rings. The van der Waals surface area contributed by atoms with Crippen molar-refractivity contribution in [1.29, 1.82) is 0 Å². The fourth-order valence-electron chi connectivity index (χ4n) is 4.43. The van der Waals surface area contributed by atoms with Gasteiger partial charge in [0.05, 0.1) is 17.2 Å². The smallest absolute Gasteiger partial charge is 0.410 e. The quantitative estimate of drug-likeness (QED) is 0.406. The highest BCUT2D eigenvalue weighted by atomic mass is 28.4. The Balaban J connectivity index is 1.80. The molecule has 8 heteroatoms. The molecule has 0 aliphatic carbocycles. The van der Waals surface area contributed by atoms with Gasteiger partial charge in [-0.1, -0.05) is 32.9 Å². The van der Waals surface area contributed by atoms with Gasteiger partial charge in [-0.25, -0.2) is 4.79 Å². The van der Waals surface area contributed by atoms with Gasteiger partial charge in [0.25, 0.3) is 11.8 Å². The number of hydrogen-bond acceptors (Lipinski definition) is 5. The number of benzene rings is 1. The molecular weight excluding hydrogens is 448 g/mol. The molecule has 1 aromatic carbocycles. The normalized spacial score (nSPS) is 22.3. The number of imide groups is 1. The van der Waals surface area contributed by atoms with E-state index in [1.165, 1.54) is 4.90 Å². The van der Waals surface area contributed by atoms with Crippen molar-refractivity contribution in [1.82, 2.24) is 9.80 Å². The van der Waals surface area contributed by atoms with Gasteiger partial charge in [-0.2, -0.15) is 0 Å². The van der Waals surface area contributed by atoms with Crippen LogP contribution in [0.5, 0.6) is 0 Å². The molecule has 2 aliphatic rings. The van der Waals surface area contributed by atoms with Crippen molar-refractivity contribution in [2.45, 2.75) is 103 Å². The number of fused-ring (bicyclic) bond motifs is 1. The van der Waals surface area contributed by atoms with Gasteiger partial charge in [0.1, 0.15) is 5.60 Å². The van der Waals surface area contributed by atoms with E-state index >= 15 is 0 Å². The second kappa shape index (κ2) is 9.11. The molecule has 0 radical (unpaired) electrons. The summed E-state index contributed by atoms with van der Waals surface area (Å²) in [7, 11) is -2.04. The SMILES string of the molecule is CC(C[C@@H]1C[C@@H](O[Si](C)(C)C(C)(C)C)CN1C(=O)OC(C)(C)C)N1C(=O)c2ccccc2C1=O. The minimum atomic E-state index is -2.04. The number of hydrogen-bond donors (Lipinski definition) is 0. The van der Waals surface area contributed by atoms with Crippen molar-refractivity contribution in [3.63, 3.8) is 0 Å². The van der Waals surface area contributed by atoms with Crippen LogP contribution in [0.2, 0.25) is 18.1 Å². The van der Waals surface area contributed by atoms with E-state index in [0.29, 0.717) is 30.5 Å². The molecule has 188 valence electrons. The maximum atomic E-state index is 13.1. The average molecular weight is 489 g/mol. The summed E-state index contributed by atoms with van der Waals surface area (Å²) in [6, 6.07) is 6.35. The summed E-state index contributed by atoms with van der Waals surface area (Å²) >= 11 is 0. The van der Waals surface area contributed by atoms with E-state index in [-0.39, 0.29) is 41.1 Å².